The van der Waals surface area contributed by atoms with Crippen LogP contribution in [0.3, 0.4) is 0 Å². The maximum atomic E-state index is 11.8. The van der Waals surface area contributed by atoms with Crippen molar-refractivity contribution >= 4 is 0 Å². The maximum Gasteiger partial charge on any atom is 0.387 e. The fourth-order valence-electron chi connectivity index (χ4n) is 0.820. The Labute approximate surface area is 69.2 Å². The predicted molar refractivity (Wildman–Crippen MR) is 40.3 cm³/mol. The summed E-state index contributed by atoms with van der Waals surface area (Å²) in [5.41, 5.74) is 1.54. The summed E-state index contributed by atoms with van der Waals surface area (Å²) in [7, 11) is 0. The van der Waals surface area contributed by atoms with Gasteiger partial charge in [0.1, 0.15) is 5.75 Å². The van der Waals surface area contributed by atoms with Crippen LogP contribution in [0.4, 0.5) is 8.78 Å². The molecule has 1 heterocycles. The van der Waals surface area contributed by atoms with Crippen LogP contribution >= 0.6 is 0 Å². The highest BCUT2D eigenvalue weighted by atomic mass is 19.3. The van der Waals surface area contributed by atoms with Crippen LogP contribution in [-0.2, 0) is 0 Å². The van der Waals surface area contributed by atoms with Gasteiger partial charge in [-0.3, -0.25) is 4.98 Å². The van der Waals surface area contributed by atoms with Gasteiger partial charge in [0.05, 0.1) is 6.20 Å². The van der Waals surface area contributed by atoms with Gasteiger partial charge in [-0.2, -0.15) is 8.78 Å². The third kappa shape index (κ3) is 1.90. The second kappa shape index (κ2) is 3.47. The predicted octanol–water partition coefficient (Wildman–Crippen LogP) is 2.30. The van der Waals surface area contributed by atoms with Gasteiger partial charge in [0.15, 0.2) is 0 Å². The highest BCUT2D eigenvalue weighted by Gasteiger charge is 2.07. The molecule has 0 saturated heterocycles. The molecule has 0 saturated carbocycles. The minimum absolute atomic E-state index is 0.144. The van der Waals surface area contributed by atoms with Crippen molar-refractivity contribution in [2.75, 3.05) is 0 Å². The Morgan fingerprint density at radius 3 is 2.58 bits per heavy atom. The van der Waals surface area contributed by atoms with Crippen LogP contribution in [0, 0.1) is 13.8 Å². The molecule has 2 nitrogen and oxygen atoms in total. The molecule has 0 radical (unpaired) electrons. The summed E-state index contributed by atoms with van der Waals surface area (Å²) in [5.74, 6) is 0.144. The van der Waals surface area contributed by atoms with Gasteiger partial charge in [-0.1, -0.05) is 0 Å². The summed E-state index contributed by atoms with van der Waals surface area (Å²) >= 11 is 0. The minimum atomic E-state index is -2.78. The van der Waals surface area contributed by atoms with E-state index in [4.69, 9.17) is 0 Å². The summed E-state index contributed by atoms with van der Waals surface area (Å²) in [6.45, 7) is 0.724. The molecule has 12 heavy (non-hydrogen) atoms. The Bertz CT molecular complexity index is 276. The number of hydrogen-bond donors (Lipinski definition) is 0. The Kier molecular flexibility index (Phi) is 2.58. The second-order valence-electron chi connectivity index (χ2n) is 2.46. The largest absolute Gasteiger partial charge is 0.433 e. The van der Waals surface area contributed by atoms with E-state index in [1.54, 1.807) is 20.0 Å². The summed E-state index contributed by atoms with van der Waals surface area (Å²) in [6, 6.07) is 0. The molecule has 0 aliphatic carbocycles. The first-order valence-electron chi connectivity index (χ1n) is 3.47. The fourth-order valence-corrected chi connectivity index (χ4v) is 0.820. The first-order valence-corrected chi connectivity index (χ1v) is 3.47. The Morgan fingerprint density at radius 1 is 1.33 bits per heavy atom. The first-order chi connectivity index (χ1) is 5.61. The van der Waals surface area contributed by atoms with Gasteiger partial charge < -0.3 is 4.74 Å². The SMILES string of the molecule is Cc1cncc(OC(F)F)c1C. The molecule has 0 amide bonds. The van der Waals surface area contributed by atoms with Crippen LogP contribution < -0.4 is 4.74 Å². The molecule has 66 valence electrons. The maximum absolute atomic E-state index is 11.8. The van der Waals surface area contributed by atoms with E-state index in [-0.39, 0.29) is 5.75 Å². The summed E-state index contributed by atoms with van der Waals surface area (Å²) in [4.78, 5) is 3.74. The van der Waals surface area contributed by atoms with Gasteiger partial charge in [-0.15, -0.1) is 0 Å². The summed E-state index contributed by atoms with van der Waals surface area (Å²) < 4.78 is 27.8. The van der Waals surface area contributed by atoms with Crippen molar-refractivity contribution in [1.29, 1.82) is 0 Å². The zero-order valence-corrected chi connectivity index (χ0v) is 6.84. The number of alkyl halides is 2. The van der Waals surface area contributed by atoms with Crippen LogP contribution in [-0.4, -0.2) is 11.6 Å². The number of aromatic nitrogens is 1. The van der Waals surface area contributed by atoms with Crippen molar-refractivity contribution < 1.29 is 13.5 Å². The zero-order chi connectivity index (χ0) is 9.14. The van der Waals surface area contributed by atoms with Gasteiger partial charge in [-0.25, -0.2) is 0 Å². The van der Waals surface area contributed by atoms with E-state index < -0.39 is 6.61 Å². The molecule has 0 fully saturated rings. The Hall–Kier alpha value is -1.19. The molecule has 1 rings (SSSR count). The smallest absolute Gasteiger partial charge is 0.387 e. The lowest BCUT2D eigenvalue weighted by Crippen LogP contribution is -2.04. The monoisotopic (exact) mass is 173 g/mol. The molecular formula is C8H9F2NO. The van der Waals surface area contributed by atoms with E-state index in [0.717, 1.165) is 5.56 Å². The summed E-state index contributed by atoms with van der Waals surface area (Å²) in [5, 5.41) is 0. The molecular weight excluding hydrogens is 164 g/mol. The highest BCUT2D eigenvalue weighted by Crippen LogP contribution is 2.20. The second-order valence-corrected chi connectivity index (χ2v) is 2.46. The van der Waals surface area contributed by atoms with Gasteiger partial charge in [0, 0.05) is 6.20 Å². The number of hydrogen-bond acceptors (Lipinski definition) is 2. The number of pyridine rings is 1. The van der Waals surface area contributed by atoms with Gasteiger partial charge in [-0.05, 0) is 25.0 Å². The van der Waals surface area contributed by atoms with Crippen LogP contribution in [0.5, 0.6) is 5.75 Å². The van der Waals surface area contributed by atoms with Crippen molar-refractivity contribution in [2.45, 2.75) is 20.5 Å². The Balaban J connectivity index is 2.92. The molecule has 0 spiro atoms. The average Bonchev–Trinajstić information content (AvgIpc) is 1.98. The third-order valence-corrected chi connectivity index (χ3v) is 1.64. The van der Waals surface area contributed by atoms with E-state index in [1.165, 1.54) is 6.20 Å². The standard InChI is InChI=1S/C8H9F2NO/c1-5-3-11-4-7(6(5)2)12-8(9)10/h3-4,8H,1-2H3. The van der Waals surface area contributed by atoms with Crippen molar-refractivity contribution in [3.63, 3.8) is 0 Å². The number of aryl methyl sites for hydroxylation is 1. The molecule has 0 unspecified atom stereocenters. The van der Waals surface area contributed by atoms with Crippen molar-refractivity contribution in [3.05, 3.63) is 23.5 Å². The molecule has 0 aliphatic heterocycles. The van der Waals surface area contributed by atoms with E-state index >= 15 is 0 Å². The van der Waals surface area contributed by atoms with Crippen LogP contribution in [0.25, 0.3) is 0 Å². The van der Waals surface area contributed by atoms with Crippen molar-refractivity contribution in [2.24, 2.45) is 0 Å². The molecule has 0 aromatic carbocycles. The zero-order valence-electron chi connectivity index (χ0n) is 6.84. The fraction of sp³-hybridized carbons (Fsp3) is 0.375. The van der Waals surface area contributed by atoms with Crippen LogP contribution in [0.2, 0.25) is 0 Å². The summed E-state index contributed by atoms with van der Waals surface area (Å²) in [6.07, 6.45) is 2.89. The van der Waals surface area contributed by atoms with E-state index in [0.29, 0.717) is 5.56 Å². The van der Waals surface area contributed by atoms with Gasteiger partial charge in [0.2, 0.25) is 0 Å². The molecule has 0 aliphatic rings. The van der Waals surface area contributed by atoms with Gasteiger partial charge >= 0.3 is 6.61 Å². The van der Waals surface area contributed by atoms with Gasteiger partial charge in [0.25, 0.3) is 0 Å². The normalized spacial score (nSPS) is 10.4. The van der Waals surface area contributed by atoms with E-state index in [1.807, 2.05) is 0 Å². The topological polar surface area (TPSA) is 22.1 Å². The molecule has 0 bridgehead atoms. The number of rotatable bonds is 2. The molecule has 1 aromatic heterocycles. The lowest BCUT2D eigenvalue weighted by molar-refractivity contribution is -0.0505. The van der Waals surface area contributed by atoms with Crippen LogP contribution in [0.15, 0.2) is 12.4 Å². The minimum Gasteiger partial charge on any atom is -0.433 e. The van der Waals surface area contributed by atoms with Crippen molar-refractivity contribution in [1.82, 2.24) is 4.98 Å². The lowest BCUT2D eigenvalue weighted by atomic mass is 10.2. The molecule has 0 atom stereocenters. The van der Waals surface area contributed by atoms with Crippen molar-refractivity contribution in [3.8, 4) is 5.75 Å². The average molecular weight is 173 g/mol. The molecule has 4 heteroatoms. The quantitative estimate of drug-likeness (QED) is 0.684. The van der Waals surface area contributed by atoms with E-state index in [2.05, 4.69) is 9.72 Å². The van der Waals surface area contributed by atoms with E-state index in [9.17, 15) is 8.78 Å². The Morgan fingerprint density at radius 2 is 2.00 bits per heavy atom. The molecule has 1 aromatic rings. The molecule has 0 N–H and O–H groups in total. The first kappa shape index (κ1) is 8.90. The van der Waals surface area contributed by atoms with Crippen LogP contribution in [0.1, 0.15) is 11.1 Å². The third-order valence-electron chi connectivity index (χ3n) is 1.64. The highest BCUT2D eigenvalue weighted by molar-refractivity contribution is 5.34. The number of ether oxygens (including phenoxy) is 1. The number of halogens is 2. The lowest BCUT2D eigenvalue weighted by Gasteiger charge is -2.08. The number of nitrogens with zero attached hydrogens (tertiary/aromatic N) is 1.